The van der Waals surface area contributed by atoms with Crippen LogP contribution in [0.3, 0.4) is 0 Å². The van der Waals surface area contributed by atoms with Gasteiger partial charge in [-0.25, -0.2) is 5.11 Å². The zero-order chi connectivity index (χ0) is 32.5. The van der Waals surface area contributed by atoms with Gasteiger partial charge in [-0.3, -0.25) is 4.79 Å². The molecule has 0 saturated carbocycles. The molecule has 1 radical (unpaired) electrons. The molecule has 4 aromatic rings. The van der Waals surface area contributed by atoms with Gasteiger partial charge in [0, 0.05) is 23.2 Å². The van der Waals surface area contributed by atoms with E-state index in [4.69, 9.17) is 4.74 Å². The molecule has 0 aliphatic carbocycles. The highest BCUT2D eigenvalue weighted by molar-refractivity contribution is 5.99. The summed E-state index contributed by atoms with van der Waals surface area (Å²) in [7, 11) is 0. The first-order valence-corrected chi connectivity index (χ1v) is 14.5. The van der Waals surface area contributed by atoms with Crippen molar-refractivity contribution in [3.05, 3.63) is 113 Å². The fourth-order valence-corrected chi connectivity index (χ4v) is 4.97. The first-order valence-electron chi connectivity index (χ1n) is 14.5. The summed E-state index contributed by atoms with van der Waals surface area (Å²) in [4.78, 5) is 13.3. The van der Waals surface area contributed by atoms with E-state index in [0.29, 0.717) is 13.0 Å². The molecule has 0 heterocycles. The van der Waals surface area contributed by atoms with Crippen molar-refractivity contribution in [2.75, 3.05) is 19.8 Å². The summed E-state index contributed by atoms with van der Waals surface area (Å²) in [5, 5.41) is 14.2. The molecule has 0 saturated heterocycles. The van der Waals surface area contributed by atoms with Crippen LogP contribution in [0.1, 0.15) is 52.7 Å². The van der Waals surface area contributed by atoms with E-state index in [9.17, 15) is 36.2 Å². The molecule has 10 heteroatoms. The Bertz CT molecular complexity index is 1490. The maximum atomic E-state index is 13.6. The molecular formula is C35H32F6NO3. The average molecular weight is 629 g/mol. The number of nitrogens with one attached hydrogen (secondary N) is 1. The van der Waals surface area contributed by atoms with Gasteiger partial charge >= 0.3 is 12.4 Å². The molecule has 237 valence electrons. The summed E-state index contributed by atoms with van der Waals surface area (Å²) in [5.74, 6) is -0.643. The third-order valence-corrected chi connectivity index (χ3v) is 7.20. The van der Waals surface area contributed by atoms with Crippen LogP contribution in [0.4, 0.5) is 26.3 Å². The second kappa shape index (κ2) is 15.1. The first kappa shape index (κ1) is 33.6. The molecule has 0 aliphatic rings. The molecule has 4 nitrogen and oxygen atoms in total. The Hall–Kier alpha value is -4.31. The Kier molecular flexibility index (Phi) is 11.3. The van der Waals surface area contributed by atoms with Gasteiger partial charge in [-0.2, -0.15) is 26.3 Å². The zero-order valence-electron chi connectivity index (χ0n) is 24.3. The van der Waals surface area contributed by atoms with Crippen molar-refractivity contribution in [1.82, 2.24) is 5.32 Å². The van der Waals surface area contributed by atoms with Gasteiger partial charge in [0.1, 0.15) is 19.0 Å². The quantitative estimate of drug-likeness (QED) is 0.119. The van der Waals surface area contributed by atoms with Gasteiger partial charge in [0.25, 0.3) is 5.91 Å². The van der Waals surface area contributed by atoms with Crippen LogP contribution in [0.5, 0.6) is 5.75 Å². The minimum absolute atomic E-state index is 0.0204. The van der Waals surface area contributed by atoms with Crippen molar-refractivity contribution < 1.29 is 41.0 Å². The maximum absolute atomic E-state index is 13.6. The van der Waals surface area contributed by atoms with Crippen LogP contribution in [0.15, 0.2) is 91.0 Å². The van der Waals surface area contributed by atoms with Gasteiger partial charge in [0.15, 0.2) is 0 Å². The van der Waals surface area contributed by atoms with Crippen LogP contribution in [0, 0.1) is 0 Å². The molecule has 0 unspecified atom stereocenters. The number of aryl methyl sites for hydroxylation is 1. The number of rotatable bonds is 13. The predicted octanol–water partition coefficient (Wildman–Crippen LogP) is 9.40. The normalized spacial score (nSPS) is 11.8. The minimum Gasteiger partial charge on any atom is -0.490 e. The fraction of sp³-hybridized carbons (Fsp3) is 0.286. The fourth-order valence-electron chi connectivity index (χ4n) is 4.97. The van der Waals surface area contributed by atoms with Gasteiger partial charge < -0.3 is 10.1 Å². The number of unbranched alkanes of at least 4 members (excludes halogenated alkanes) is 3. The minimum atomic E-state index is -4.67. The topological polar surface area (TPSA) is 58.2 Å². The third kappa shape index (κ3) is 9.34. The van der Waals surface area contributed by atoms with E-state index in [1.54, 1.807) is 0 Å². The number of ether oxygens (including phenoxy) is 1. The molecule has 4 rings (SSSR count). The Labute approximate surface area is 257 Å². The molecule has 0 aliphatic heterocycles. The van der Waals surface area contributed by atoms with E-state index in [0.717, 1.165) is 49.9 Å². The van der Waals surface area contributed by atoms with Gasteiger partial charge in [0.2, 0.25) is 0 Å². The molecule has 1 amide bonds. The molecule has 45 heavy (non-hydrogen) atoms. The first-order chi connectivity index (χ1) is 21.5. The molecular weight excluding hydrogens is 596 g/mol. The number of amides is 1. The van der Waals surface area contributed by atoms with Crippen LogP contribution < -0.4 is 10.1 Å². The van der Waals surface area contributed by atoms with E-state index in [2.05, 4.69) is 17.4 Å². The van der Waals surface area contributed by atoms with Gasteiger partial charge in [-0.1, -0.05) is 67.4 Å². The summed E-state index contributed by atoms with van der Waals surface area (Å²) in [6, 6.07) is 21.4. The Morgan fingerprint density at radius 2 is 1.22 bits per heavy atom. The highest BCUT2D eigenvalue weighted by Gasteiger charge is 2.32. The highest BCUT2D eigenvalue weighted by Crippen LogP contribution is 2.43. The lowest BCUT2D eigenvalue weighted by molar-refractivity contribution is -0.138. The van der Waals surface area contributed by atoms with Gasteiger partial charge in [-0.05, 0) is 72.4 Å². The summed E-state index contributed by atoms with van der Waals surface area (Å²) in [6.45, 7) is -0.776. The zero-order valence-corrected chi connectivity index (χ0v) is 24.3. The second-order valence-corrected chi connectivity index (χ2v) is 10.5. The van der Waals surface area contributed by atoms with E-state index in [1.165, 1.54) is 42.0 Å². The molecule has 0 aromatic heterocycles. The van der Waals surface area contributed by atoms with E-state index >= 15 is 0 Å². The standard InChI is InChI=1S/C35H32F6NO3/c36-34(37,38)28-15-8-13-25(20-28)30-22-27(33(44)42-17-7-2-1-4-10-24-11-5-3-6-12-24)23-31(32(30)45-19-18-43)26-14-9-16-29(21-26)35(39,40)41/h3,5-6,8-9,11-16,20-23H,1-2,4,7,10,17-19H2,(H,42,44). The second-order valence-electron chi connectivity index (χ2n) is 10.5. The van der Waals surface area contributed by atoms with Crippen molar-refractivity contribution in [3.63, 3.8) is 0 Å². The molecule has 0 bridgehead atoms. The Morgan fingerprint density at radius 1 is 0.667 bits per heavy atom. The number of benzene rings is 4. The van der Waals surface area contributed by atoms with Crippen molar-refractivity contribution in [3.8, 4) is 28.0 Å². The van der Waals surface area contributed by atoms with Crippen LogP contribution in [0.2, 0.25) is 0 Å². The van der Waals surface area contributed by atoms with Crippen molar-refractivity contribution in [2.24, 2.45) is 0 Å². The van der Waals surface area contributed by atoms with Crippen LogP contribution in [0.25, 0.3) is 22.3 Å². The van der Waals surface area contributed by atoms with Crippen LogP contribution in [-0.4, -0.2) is 25.7 Å². The number of carbonyl (C=O) groups excluding carboxylic acids is 1. The van der Waals surface area contributed by atoms with Crippen molar-refractivity contribution in [1.29, 1.82) is 0 Å². The largest absolute Gasteiger partial charge is 0.490 e. The Balaban J connectivity index is 1.64. The number of alkyl halides is 6. The van der Waals surface area contributed by atoms with Crippen molar-refractivity contribution >= 4 is 5.91 Å². The number of halogens is 6. The molecule has 4 aromatic carbocycles. The van der Waals surface area contributed by atoms with E-state index in [-0.39, 0.29) is 33.6 Å². The highest BCUT2D eigenvalue weighted by atomic mass is 19.4. The maximum Gasteiger partial charge on any atom is 0.416 e. The lowest BCUT2D eigenvalue weighted by Crippen LogP contribution is -2.24. The SMILES string of the molecule is [O]CCOc1c(-c2cccc(C(F)(F)F)c2)cc(C(=O)NCCCCCCc2ccccc2)cc1-c1cccc(C(F)(F)F)c1. The summed E-state index contributed by atoms with van der Waals surface area (Å²) in [6.07, 6.45) is -4.91. The van der Waals surface area contributed by atoms with Crippen molar-refractivity contribution in [2.45, 2.75) is 44.5 Å². The average Bonchev–Trinajstić information content (AvgIpc) is 3.02. The van der Waals surface area contributed by atoms with Gasteiger partial charge in [-0.15, -0.1) is 0 Å². The van der Waals surface area contributed by atoms with Crippen LogP contribution in [-0.2, 0) is 23.9 Å². The number of hydrogen-bond acceptors (Lipinski definition) is 2. The summed E-state index contributed by atoms with van der Waals surface area (Å²) < 4.78 is 87.2. The summed E-state index contributed by atoms with van der Waals surface area (Å²) >= 11 is 0. The monoisotopic (exact) mass is 628 g/mol. The predicted molar refractivity (Wildman–Crippen MR) is 159 cm³/mol. The lowest BCUT2D eigenvalue weighted by atomic mass is 9.92. The molecule has 1 N–H and O–H groups in total. The number of hydrogen-bond donors (Lipinski definition) is 1. The third-order valence-electron chi connectivity index (χ3n) is 7.20. The van der Waals surface area contributed by atoms with Gasteiger partial charge in [0.05, 0.1) is 11.1 Å². The lowest BCUT2D eigenvalue weighted by Gasteiger charge is -2.19. The smallest absolute Gasteiger partial charge is 0.416 e. The summed E-state index contributed by atoms with van der Waals surface area (Å²) in [5.41, 5.74) is -0.532. The molecule has 0 spiro atoms. The Morgan fingerprint density at radius 3 is 1.76 bits per heavy atom. The number of carbonyl (C=O) groups is 1. The van der Waals surface area contributed by atoms with E-state index < -0.39 is 42.6 Å². The van der Waals surface area contributed by atoms with Crippen LogP contribution >= 0.6 is 0 Å². The molecule has 0 fully saturated rings. The molecule has 0 atom stereocenters. The van der Waals surface area contributed by atoms with E-state index in [1.807, 2.05) is 18.2 Å².